The minimum absolute atomic E-state index is 0.0729. The molecule has 0 aliphatic rings. The van der Waals surface area contributed by atoms with E-state index in [2.05, 4.69) is 4.74 Å². The summed E-state index contributed by atoms with van der Waals surface area (Å²) >= 11 is 0. The van der Waals surface area contributed by atoms with E-state index in [1.165, 1.54) is 25.3 Å². The quantitative estimate of drug-likeness (QED) is 0.338. The largest absolute Gasteiger partial charge is 0.469 e. The molecule has 3 N–H and O–H groups in total. The number of nitrogens with zero attached hydrogens (tertiary/aromatic N) is 1. The summed E-state index contributed by atoms with van der Waals surface area (Å²) < 4.78 is 18.1. The fourth-order valence-electron chi connectivity index (χ4n) is 3.71. The molecule has 7 nitrogen and oxygen atoms in total. The standard InChI is InChI=1S/C26H32FNO6/c1-15(2)25-21(10-9-19(31)11-20(32)12-23(33)34-4)24(17-5-7-18(27)8-6-17)22(14-30)26(28-25)16(3)13-29/h5-10,15-16,20,29-30,32H,11-14H2,1-4H3/b10-9+. The topological polar surface area (TPSA) is 117 Å². The molecule has 0 saturated carbocycles. The molecule has 0 aliphatic heterocycles. The van der Waals surface area contributed by atoms with Gasteiger partial charge in [0.2, 0.25) is 0 Å². The highest BCUT2D eigenvalue weighted by Crippen LogP contribution is 2.37. The van der Waals surface area contributed by atoms with Crippen LogP contribution in [-0.4, -0.2) is 51.9 Å². The van der Waals surface area contributed by atoms with Gasteiger partial charge in [-0.25, -0.2) is 4.39 Å². The van der Waals surface area contributed by atoms with Gasteiger partial charge in [0.05, 0.1) is 44.2 Å². The molecule has 1 heterocycles. The Morgan fingerprint density at radius 3 is 2.26 bits per heavy atom. The molecule has 0 aliphatic carbocycles. The Bertz CT molecular complexity index is 1030. The third-order valence-corrected chi connectivity index (χ3v) is 5.48. The van der Waals surface area contributed by atoms with Gasteiger partial charge in [-0.2, -0.15) is 0 Å². The number of carbonyl (C=O) groups is 2. The Balaban J connectivity index is 2.64. The van der Waals surface area contributed by atoms with Crippen LogP contribution >= 0.6 is 0 Å². The first-order chi connectivity index (χ1) is 16.1. The molecule has 2 aromatic rings. The van der Waals surface area contributed by atoms with Crippen LogP contribution in [0.5, 0.6) is 0 Å². The first kappa shape index (κ1) is 27.3. The maximum atomic E-state index is 13.6. The minimum Gasteiger partial charge on any atom is -0.469 e. The maximum absolute atomic E-state index is 13.6. The zero-order chi connectivity index (χ0) is 25.4. The first-order valence-electron chi connectivity index (χ1n) is 11.1. The fourth-order valence-corrected chi connectivity index (χ4v) is 3.71. The zero-order valence-corrected chi connectivity index (χ0v) is 19.9. The SMILES string of the molecule is COC(=O)CC(O)CC(=O)/C=C/c1c(C(C)C)nc(C(C)CO)c(CO)c1-c1ccc(F)cc1. The molecule has 34 heavy (non-hydrogen) atoms. The van der Waals surface area contributed by atoms with Crippen LogP contribution in [0.1, 0.15) is 68.0 Å². The van der Waals surface area contributed by atoms with E-state index in [-0.39, 0.29) is 37.9 Å². The van der Waals surface area contributed by atoms with Crippen molar-refractivity contribution in [1.29, 1.82) is 0 Å². The highest BCUT2D eigenvalue weighted by Gasteiger charge is 2.24. The van der Waals surface area contributed by atoms with E-state index in [9.17, 15) is 29.3 Å². The summed E-state index contributed by atoms with van der Waals surface area (Å²) in [5.74, 6) is -1.86. The molecule has 184 valence electrons. The number of allylic oxidation sites excluding steroid dienone is 1. The highest BCUT2D eigenvalue weighted by molar-refractivity contribution is 5.96. The van der Waals surface area contributed by atoms with Gasteiger partial charge in [-0.05, 0) is 41.3 Å². The Kier molecular flexibility index (Phi) is 10.0. The van der Waals surface area contributed by atoms with E-state index in [4.69, 9.17) is 4.98 Å². The second-order valence-electron chi connectivity index (χ2n) is 8.49. The summed E-state index contributed by atoms with van der Waals surface area (Å²) in [5, 5.41) is 30.0. The number of carbonyl (C=O) groups excluding carboxylic acids is 2. The van der Waals surface area contributed by atoms with Crippen molar-refractivity contribution in [2.24, 2.45) is 0 Å². The van der Waals surface area contributed by atoms with E-state index in [1.54, 1.807) is 25.1 Å². The van der Waals surface area contributed by atoms with Crippen molar-refractivity contribution in [2.75, 3.05) is 13.7 Å². The molecule has 0 bridgehead atoms. The van der Waals surface area contributed by atoms with Crippen molar-refractivity contribution in [1.82, 2.24) is 4.98 Å². The minimum atomic E-state index is -1.18. The van der Waals surface area contributed by atoms with Gasteiger partial charge in [0.15, 0.2) is 5.78 Å². The lowest BCUT2D eigenvalue weighted by molar-refractivity contribution is -0.143. The van der Waals surface area contributed by atoms with E-state index < -0.39 is 23.7 Å². The number of ether oxygens (including phenoxy) is 1. The highest BCUT2D eigenvalue weighted by atomic mass is 19.1. The van der Waals surface area contributed by atoms with Gasteiger partial charge in [0.25, 0.3) is 0 Å². The van der Waals surface area contributed by atoms with Crippen molar-refractivity contribution in [3.05, 3.63) is 58.7 Å². The van der Waals surface area contributed by atoms with Crippen molar-refractivity contribution >= 4 is 17.8 Å². The average Bonchev–Trinajstić information content (AvgIpc) is 2.81. The van der Waals surface area contributed by atoms with Crippen molar-refractivity contribution in [3.63, 3.8) is 0 Å². The number of aromatic nitrogens is 1. The van der Waals surface area contributed by atoms with Gasteiger partial charge in [0.1, 0.15) is 5.82 Å². The molecule has 0 fully saturated rings. The van der Waals surface area contributed by atoms with Crippen molar-refractivity contribution < 1.29 is 34.0 Å². The van der Waals surface area contributed by atoms with Crippen molar-refractivity contribution in [2.45, 2.75) is 58.2 Å². The average molecular weight is 474 g/mol. The Labute approximate surface area is 198 Å². The number of benzene rings is 1. The Hall–Kier alpha value is -2.94. The van der Waals surface area contributed by atoms with E-state index >= 15 is 0 Å². The zero-order valence-electron chi connectivity index (χ0n) is 19.9. The lowest BCUT2D eigenvalue weighted by atomic mass is 9.87. The van der Waals surface area contributed by atoms with Gasteiger partial charge in [-0.1, -0.05) is 32.9 Å². The number of ketones is 1. The second-order valence-corrected chi connectivity index (χ2v) is 8.49. The van der Waals surface area contributed by atoms with Crippen LogP contribution in [0.25, 0.3) is 17.2 Å². The predicted molar refractivity (Wildman–Crippen MR) is 126 cm³/mol. The molecule has 2 atom stereocenters. The lowest BCUT2D eigenvalue weighted by Crippen LogP contribution is -2.17. The number of rotatable bonds is 11. The van der Waals surface area contributed by atoms with Crippen LogP contribution in [0.15, 0.2) is 30.3 Å². The molecular weight excluding hydrogens is 441 g/mol. The summed E-state index contributed by atoms with van der Waals surface area (Å²) in [6, 6.07) is 5.78. The lowest BCUT2D eigenvalue weighted by Gasteiger charge is -2.23. The molecule has 1 aromatic carbocycles. The smallest absolute Gasteiger partial charge is 0.308 e. The second kappa shape index (κ2) is 12.5. The molecule has 8 heteroatoms. The van der Waals surface area contributed by atoms with Crippen LogP contribution in [0, 0.1) is 5.82 Å². The van der Waals surface area contributed by atoms with Crippen LogP contribution in [0.4, 0.5) is 4.39 Å². The molecule has 1 aromatic heterocycles. The first-order valence-corrected chi connectivity index (χ1v) is 11.1. The summed E-state index contributed by atoms with van der Waals surface area (Å²) in [6.45, 7) is 5.11. The number of aliphatic hydroxyl groups is 3. The van der Waals surface area contributed by atoms with Crippen molar-refractivity contribution in [3.8, 4) is 11.1 Å². The third-order valence-electron chi connectivity index (χ3n) is 5.48. The van der Waals surface area contributed by atoms with Crippen LogP contribution in [0.2, 0.25) is 0 Å². The molecule has 0 radical (unpaired) electrons. The molecule has 0 saturated heterocycles. The molecular formula is C26H32FNO6. The predicted octanol–water partition coefficient (Wildman–Crippen LogP) is 3.50. The number of halogens is 1. The van der Waals surface area contributed by atoms with Gasteiger partial charge in [0, 0.05) is 23.5 Å². The normalized spacial score (nSPS) is 13.3. The number of esters is 1. The maximum Gasteiger partial charge on any atom is 0.308 e. The molecule has 0 amide bonds. The molecule has 2 unspecified atom stereocenters. The Morgan fingerprint density at radius 1 is 1.09 bits per heavy atom. The fraction of sp³-hybridized carbons (Fsp3) is 0.423. The monoisotopic (exact) mass is 473 g/mol. The third kappa shape index (κ3) is 6.79. The number of aliphatic hydroxyl groups excluding tert-OH is 3. The summed E-state index contributed by atoms with van der Waals surface area (Å²) in [4.78, 5) is 28.6. The van der Waals surface area contributed by atoms with E-state index in [0.717, 1.165) is 0 Å². The Morgan fingerprint density at radius 2 is 1.74 bits per heavy atom. The van der Waals surface area contributed by atoms with Gasteiger partial charge < -0.3 is 20.1 Å². The summed E-state index contributed by atoms with van der Waals surface area (Å²) in [7, 11) is 1.20. The van der Waals surface area contributed by atoms with Gasteiger partial charge in [-0.15, -0.1) is 0 Å². The van der Waals surface area contributed by atoms with E-state index in [0.29, 0.717) is 33.6 Å². The summed E-state index contributed by atoms with van der Waals surface area (Å²) in [5.41, 5.74) is 3.45. The number of methoxy groups -OCH3 is 1. The molecule has 2 rings (SSSR count). The molecule has 0 spiro atoms. The van der Waals surface area contributed by atoms with Crippen LogP contribution in [0.3, 0.4) is 0 Å². The number of hydrogen-bond acceptors (Lipinski definition) is 7. The van der Waals surface area contributed by atoms with Crippen LogP contribution < -0.4 is 0 Å². The number of pyridine rings is 1. The van der Waals surface area contributed by atoms with Crippen LogP contribution in [-0.2, 0) is 20.9 Å². The number of hydrogen-bond donors (Lipinski definition) is 3. The van der Waals surface area contributed by atoms with Gasteiger partial charge >= 0.3 is 5.97 Å². The van der Waals surface area contributed by atoms with E-state index in [1.807, 2.05) is 13.8 Å². The van der Waals surface area contributed by atoms with Gasteiger partial charge in [-0.3, -0.25) is 14.6 Å². The summed E-state index contributed by atoms with van der Waals surface area (Å²) in [6.07, 6.45) is 1.13.